The Kier molecular flexibility index (Phi) is 6.43. The van der Waals surface area contributed by atoms with Gasteiger partial charge in [0.05, 0.1) is 18.8 Å². The molecule has 5 heteroatoms. The topological polar surface area (TPSA) is 41.6 Å². The van der Waals surface area contributed by atoms with Crippen LogP contribution >= 0.6 is 0 Å². The number of nitrogens with zero attached hydrogens (tertiary/aromatic N) is 1. The third-order valence-corrected chi connectivity index (χ3v) is 5.47. The van der Waals surface area contributed by atoms with Gasteiger partial charge in [0.15, 0.2) is 0 Å². The van der Waals surface area contributed by atoms with E-state index in [1.54, 1.807) is 12.1 Å². The van der Waals surface area contributed by atoms with Crippen molar-refractivity contribution < 1.29 is 13.9 Å². The van der Waals surface area contributed by atoms with Gasteiger partial charge in [-0.15, -0.1) is 0 Å². The van der Waals surface area contributed by atoms with Gasteiger partial charge in [-0.05, 0) is 37.5 Å². The van der Waals surface area contributed by atoms with Crippen molar-refractivity contribution in [1.82, 2.24) is 10.2 Å². The fourth-order valence-corrected chi connectivity index (χ4v) is 3.81. The molecule has 1 aliphatic carbocycles. The first kappa shape index (κ1) is 18.3. The number of carbonyl (C=O) groups is 1. The number of ether oxygens (including phenoxy) is 1. The second-order valence-corrected chi connectivity index (χ2v) is 7.28. The molecule has 1 saturated carbocycles. The Morgan fingerprint density at radius 3 is 2.56 bits per heavy atom. The first-order valence-electron chi connectivity index (χ1n) is 9.55. The summed E-state index contributed by atoms with van der Waals surface area (Å²) >= 11 is 0. The minimum Gasteiger partial charge on any atom is -0.371 e. The zero-order chi connectivity index (χ0) is 17.6. The molecule has 4 nitrogen and oxygen atoms in total. The summed E-state index contributed by atoms with van der Waals surface area (Å²) in [6, 6.07) is 6.60. The predicted molar refractivity (Wildman–Crippen MR) is 95.8 cm³/mol. The van der Waals surface area contributed by atoms with Gasteiger partial charge in [0.25, 0.3) is 0 Å². The van der Waals surface area contributed by atoms with Crippen molar-refractivity contribution in [2.75, 3.05) is 19.7 Å². The van der Waals surface area contributed by atoms with Gasteiger partial charge >= 0.3 is 0 Å². The molecule has 0 aromatic heterocycles. The van der Waals surface area contributed by atoms with Crippen molar-refractivity contribution in [2.24, 2.45) is 0 Å². The van der Waals surface area contributed by atoms with Gasteiger partial charge in [-0.2, -0.15) is 0 Å². The number of rotatable bonds is 4. The van der Waals surface area contributed by atoms with Crippen LogP contribution in [0.1, 0.15) is 57.1 Å². The maximum Gasteiger partial charge on any atom is 0.237 e. The van der Waals surface area contributed by atoms with Crippen LogP contribution in [0, 0.1) is 5.82 Å². The molecule has 3 rings (SSSR count). The summed E-state index contributed by atoms with van der Waals surface area (Å²) in [5.41, 5.74) is 0.961. The monoisotopic (exact) mass is 348 g/mol. The van der Waals surface area contributed by atoms with E-state index in [9.17, 15) is 9.18 Å². The summed E-state index contributed by atoms with van der Waals surface area (Å²) in [5, 5.41) is 3.25. The molecule has 1 N–H and O–H groups in total. The van der Waals surface area contributed by atoms with E-state index in [1.165, 1.54) is 37.8 Å². The number of hydrogen-bond acceptors (Lipinski definition) is 3. The van der Waals surface area contributed by atoms with Crippen molar-refractivity contribution >= 4 is 5.91 Å². The molecule has 2 fully saturated rings. The van der Waals surface area contributed by atoms with Gasteiger partial charge < -0.3 is 10.1 Å². The summed E-state index contributed by atoms with van der Waals surface area (Å²) in [6.45, 7) is 3.96. The summed E-state index contributed by atoms with van der Waals surface area (Å²) in [7, 11) is 0. The largest absolute Gasteiger partial charge is 0.371 e. The number of benzene rings is 1. The van der Waals surface area contributed by atoms with Crippen molar-refractivity contribution in [1.29, 1.82) is 0 Å². The van der Waals surface area contributed by atoms with E-state index in [2.05, 4.69) is 10.2 Å². The molecular formula is C20H29FN2O2. The van der Waals surface area contributed by atoms with Crippen molar-refractivity contribution in [3.05, 3.63) is 35.6 Å². The van der Waals surface area contributed by atoms with Crippen molar-refractivity contribution in [3.63, 3.8) is 0 Å². The molecule has 138 valence electrons. The molecule has 25 heavy (non-hydrogen) atoms. The lowest BCUT2D eigenvalue weighted by molar-refractivity contribution is -0.130. The van der Waals surface area contributed by atoms with Crippen LogP contribution in [0.4, 0.5) is 4.39 Å². The molecule has 1 aromatic carbocycles. The molecule has 1 aromatic rings. The summed E-state index contributed by atoms with van der Waals surface area (Å²) in [6.07, 6.45) is 7.07. The first-order chi connectivity index (χ1) is 12.1. The van der Waals surface area contributed by atoms with Crippen LogP contribution in [-0.2, 0) is 9.53 Å². The Morgan fingerprint density at radius 1 is 1.20 bits per heavy atom. The van der Waals surface area contributed by atoms with Crippen LogP contribution in [0.5, 0.6) is 0 Å². The van der Waals surface area contributed by atoms with Crippen LogP contribution in [0.3, 0.4) is 0 Å². The molecular weight excluding hydrogens is 319 g/mol. The van der Waals surface area contributed by atoms with Crippen LogP contribution in [0.2, 0.25) is 0 Å². The number of hydrogen-bond donors (Lipinski definition) is 1. The second-order valence-electron chi connectivity index (χ2n) is 7.28. The molecule has 2 atom stereocenters. The van der Waals surface area contributed by atoms with Gasteiger partial charge in [-0.25, -0.2) is 4.39 Å². The lowest BCUT2D eigenvalue weighted by Crippen LogP contribution is -2.52. The fraction of sp³-hybridized carbons (Fsp3) is 0.650. The fourth-order valence-electron chi connectivity index (χ4n) is 3.81. The smallest absolute Gasteiger partial charge is 0.237 e. The quantitative estimate of drug-likeness (QED) is 0.848. The standard InChI is InChI=1S/C20H29FN2O2/c1-15(20(24)22-18-6-4-2-3-5-7-18)23-12-13-25-19(14-23)16-8-10-17(21)11-9-16/h8-11,15,18-19H,2-7,12-14H2,1H3,(H,22,24)/t15-,19+/m1/s1. The third kappa shape index (κ3) is 5.02. The van der Waals surface area contributed by atoms with E-state index in [0.717, 1.165) is 24.9 Å². The average Bonchev–Trinajstić information content (AvgIpc) is 2.90. The number of morpholine rings is 1. The van der Waals surface area contributed by atoms with E-state index in [4.69, 9.17) is 4.74 Å². The van der Waals surface area contributed by atoms with Gasteiger partial charge in [-0.1, -0.05) is 37.8 Å². The molecule has 1 aliphatic heterocycles. The highest BCUT2D eigenvalue weighted by molar-refractivity contribution is 5.81. The molecule has 0 unspecified atom stereocenters. The predicted octanol–water partition coefficient (Wildman–Crippen LogP) is 3.43. The number of nitrogens with one attached hydrogen (secondary N) is 1. The zero-order valence-electron chi connectivity index (χ0n) is 15.0. The van der Waals surface area contributed by atoms with E-state index in [1.807, 2.05) is 6.92 Å². The second kappa shape index (κ2) is 8.77. The van der Waals surface area contributed by atoms with Gasteiger partial charge in [0.1, 0.15) is 5.82 Å². The molecule has 0 bridgehead atoms. The maximum atomic E-state index is 13.1. The molecule has 0 radical (unpaired) electrons. The Balaban J connectivity index is 1.56. The van der Waals surface area contributed by atoms with Gasteiger partial charge in [-0.3, -0.25) is 9.69 Å². The average molecular weight is 348 g/mol. The zero-order valence-corrected chi connectivity index (χ0v) is 15.0. The highest BCUT2D eigenvalue weighted by Crippen LogP contribution is 2.24. The van der Waals surface area contributed by atoms with Gasteiger partial charge in [0.2, 0.25) is 5.91 Å². The maximum absolute atomic E-state index is 13.1. The first-order valence-corrected chi connectivity index (χ1v) is 9.55. The van der Waals surface area contributed by atoms with Crippen LogP contribution in [0.15, 0.2) is 24.3 Å². The lowest BCUT2D eigenvalue weighted by Gasteiger charge is -2.36. The number of carbonyl (C=O) groups excluding carboxylic acids is 1. The Labute approximate surface area is 149 Å². The minimum absolute atomic E-state index is 0.109. The van der Waals surface area contributed by atoms with E-state index in [0.29, 0.717) is 19.2 Å². The number of amides is 1. The Bertz CT molecular complexity index is 555. The number of halogens is 1. The Morgan fingerprint density at radius 2 is 1.88 bits per heavy atom. The molecule has 1 saturated heterocycles. The third-order valence-electron chi connectivity index (χ3n) is 5.47. The minimum atomic E-state index is -0.243. The van der Waals surface area contributed by atoms with E-state index >= 15 is 0 Å². The van der Waals surface area contributed by atoms with Crippen molar-refractivity contribution in [2.45, 2.75) is 63.6 Å². The normalized spacial score (nSPS) is 24.5. The highest BCUT2D eigenvalue weighted by Gasteiger charge is 2.29. The molecule has 1 amide bonds. The highest BCUT2D eigenvalue weighted by atomic mass is 19.1. The van der Waals surface area contributed by atoms with Crippen LogP contribution in [0.25, 0.3) is 0 Å². The molecule has 0 spiro atoms. The van der Waals surface area contributed by atoms with Crippen LogP contribution < -0.4 is 5.32 Å². The van der Waals surface area contributed by atoms with E-state index < -0.39 is 0 Å². The SMILES string of the molecule is C[C@H](C(=O)NC1CCCCCC1)N1CCO[C@H](c2ccc(F)cc2)C1. The van der Waals surface area contributed by atoms with Gasteiger partial charge in [0, 0.05) is 19.1 Å². The Hall–Kier alpha value is -1.46. The summed E-state index contributed by atoms with van der Waals surface area (Å²) < 4.78 is 18.9. The summed E-state index contributed by atoms with van der Waals surface area (Å²) in [4.78, 5) is 14.8. The van der Waals surface area contributed by atoms with Crippen LogP contribution in [-0.4, -0.2) is 42.6 Å². The van der Waals surface area contributed by atoms with E-state index in [-0.39, 0.29) is 23.9 Å². The van der Waals surface area contributed by atoms with Crippen molar-refractivity contribution in [3.8, 4) is 0 Å². The molecule has 1 heterocycles. The summed E-state index contributed by atoms with van der Waals surface area (Å²) in [5.74, 6) is -0.126. The molecule has 2 aliphatic rings. The lowest BCUT2D eigenvalue weighted by atomic mass is 10.1.